The summed E-state index contributed by atoms with van der Waals surface area (Å²) in [6.45, 7) is 3.86. The number of allylic oxidation sites excluding steroid dienone is 5. The van der Waals surface area contributed by atoms with Crippen molar-refractivity contribution >= 4 is 13.7 Å². The molecule has 0 spiro atoms. The number of aliphatic hydroxyl groups excluding tert-OH is 2. The molecule has 0 saturated carbocycles. The van der Waals surface area contributed by atoms with Crippen molar-refractivity contribution < 1.29 is 33.5 Å². The minimum atomic E-state index is -4.40. The Labute approximate surface area is 287 Å². The summed E-state index contributed by atoms with van der Waals surface area (Å²) in [7, 11) is -4.40. The molecule has 1 amide bonds. The standard InChI is InChI=1S/C37H71N2O7P/c1-3-5-7-9-11-13-14-15-16-17-18-19-21-22-24-26-28-34(40)32-37(42)39-35(33-46-47(43,44)45-31-30-38)36(41)29-27-25-23-20-12-10-8-6-4-2/h12,18-20,27,29,34-36,40-41H,3-11,13-17,21-26,28,30-33,38H2,1-2H3,(H,39,42)(H,43,44)/b19-18-,20-12+,29-27+. The van der Waals surface area contributed by atoms with E-state index in [2.05, 4.69) is 43.5 Å². The predicted molar refractivity (Wildman–Crippen MR) is 195 cm³/mol. The normalized spacial score (nSPS) is 15.4. The average Bonchev–Trinajstić information content (AvgIpc) is 3.04. The summed E-state index contributed by atoms with van der Waals surface area (Å²) >= 11 is 0. The predicted octanol–water partition coefficient (Wildman–Crippen LogP) is 8.58. The van der Waals surface area contributed by atoms with Gasteiger partial charge in [0.15, 0.2) is 0 Å². The number of hydrogen-bond acceptors (Lipinski definition) is 7. The Hall–Kier alpha value is -1.32. The zero-order valence-corrected chi connectivity index (χ0v) is 30.8. The highest BCUT2D eigenvalue weighted by molar-refractivity contribution is 7.47. The zero-order valence-electron chi connectivity index (χ0n) is 29.9. The molecule has 47 heavy (non-hydrogen) atoms. The van der Waals surface area contributed by atoms with Crippen molar-refractivity contribution in [1.82, 2.24) is 5.32 Å². The second-order valence-electron chi connectivity index (χ2n) is 12.6. The summed E-state index contributed by atoms with van der Waals surface area (Å²) in [6.07, 6.45) is 33.9. The van der Waals surface area contributed by atoms with Crippen LogP contribution in [0.15, 0.2) is 36.5 Å². The van der Waals surface area contributed by atoms with Gasteiger partial charge in [-0.25, -0.2) is 4.57 Å². The fourth-order valence-corrected chi connectivity index (χ4v) is 5.88. The lowest BCUT2D eigenvalue weighted by molar-refractivity contribution is -0.124. The first-order chi connectivity index (χ1) is 22.8. The second kappa shape index (κ2) is 33.2. The Morgan fingerprint density at radius 3 is 1.81 bits per heavy atom. The molecule has 0 aromatic rings. The number of carbonyl (C=O) groups excluding carboxylic acids is 1. The number of phosphoric acid groups is 1. The fourth-order valence-electron chi connectivity index (χ4n) is 5.12. The molecule has 0 aliphatic carbocycles. The van der Waals surface area contributed by atoms with Crippen molar-refractivity contribution in [2.75, 3.05) is 19.8 Å². The number of phosphoric ester groups is 1. The smallest absolute Gasteiger partial charge is 0.393 e. The molecule has 0 heterocycles. The van der Waals surface area contributed by atoms with Gasteiger partial charge in [-0.2, -0.15) is 0 Å². The molecule has 0 fully saturated rings. The molecule has 276 valence electrons. The maximum atomic E-state index is 12.7. The summed E-state index contributed by atoms with van der Waals surface area (Å²) < 4.78 is 21.9. The Bertz CT molecular complexity index is 853. The summed E-state index contributed by atoms with van der Waals surface area (Å²) in [5.74, 6) is -0.469. The van der Waals surface area contributed by atoms with Crippen LogP contribution < -0.4 is 11.1 Å². The van der Waals surface area contributed by atoms with Crippen LogP contribution in [0.1, 0.15) is 155 Å². The lowest BCUT2D eigenvalue weighted by Crippen LogP contribution is -2.46. The van der Waals surface area contributed by atoms with Gasteiger partial charge < -0.3 is 26.2 Å². The number of hydrogen-bond donors (Lipinski definition) is 5. The van der Waals surface area contributed by atoms with E-state index in [1.165, 1.54) is 77.0 Å². The molecule has 0 rings (SSSR count). The monoisotopic (exact) mass is 686 g/mol. The van der Waals surface area contributed by atoms with Gasteiger partial charge in [0, 0.05) is 6.54 Å². The lowest BCUT2D eigenvalue weighted by Gasteiger charge is -2.24. The van der Waals surface area contributed by atoms with E-state index in [0.717, 1.165) is 44.9 Å². The van der Waals surface area contributed by atoms with Crippen LogP contribution in [0.3, 0.4) is 0 Å². The van der Waals surface area contributed by atoms with E-state index in [1.807, 2.05) is 6.08 Å². The first kappa shape index (κ1) is 45.7. The van der Waals surface area contributed by atoms with Gasteiger partial charge in [0.25, 0.3) is 0 Å². The SMILES string of the molecule is CCCCC/C=C/CC/C=C/C(O)C(COP(=O)(O)OCCN)NC(=O)CC(O)CCCCC/C=C\CCCCCCCCCCC. The van der Waals surface area contributed by atoms with Crippen molar-refractivity contribution in [3.63, 3.8) is 0 Å². The van der Waals surface area contributed by atoms with Crippen LogP contribution in [0, 0.1) is 0 Å². The minimum Gasteiger partial charge on any atom is -0.393 e. The maximum Gasteiger partial charge on any atom is 0.472 e. The van der Waals surface area contributed by atoms with Crippen molar-refractivity contribution in [1.29, 1.82) is 0 Å². The van der Waals surface area contributed by atoms with Crippen molar-refractivity contribution in [3.05, 3.63) is 36.5 Å². The molecule has 6 N–H and O–H groups in total. The van der Waals surface area contributed by atoms with Crippen LogP contribution in [0.2, 0.25) is 0 Å². The van der Waals surface area contributed by atoms with Crippen LogP contribution in [0.5, 0.6) is 0 Å². The molecule has 0 aliphatic rings. The molecular weight excluding hydrogens is 615 g/mol. The molecule has 4 atom stereocenters. The summed E-state index contributed by atoms with van der Waals surface area (Å²) in [4.78, 5) is 22.6. The van der Waals surface area contributed by atoms with E-state index in [-0.39, 0.29) is 19.6 Å². The van der Waals surface area contributed by atoms with E-state index in [9.17, 15) is 24.5 Å². The fraction of sp³-hybridized carbons (Fsp3) is 0.811. The molecule has 0 bridgehead atoms. The lowest BCUT2D eigenvalue weighted by atomic mass is 10.0. The molecule has 10 heteroatoms. The van der Waals surface area contributed by atoms with E-state index >= 15 is 0 Å². The largest absolute Gasteiger partial charge is 0.472 e. The Kier molecular flexibility index (Phi) is 32.3. The Balaban J connectivity index is 4.40. The Morgan fingerprint density at radius 1 is 0.723 bits per heavy atom. The van der Waals surface area contributed by atoms with Gasteiger partial charge in [0.2, 0.25) is 5.91 Å². The number of amides is 1. The summed E-state index contributed by atoms with van der Waals surface area (Å²) in [5, 5.41) is 23.8. The molecule has 0 aliphatic heterocycles. The third-order valence-corrected chi connectivity index (χ3v) is 8.98. The quantitative estimate of drug-likeness (QED) is 0.0257. The van der Waals surface area contributed by atoms with Gasteiger partial charge in [-0.3, -0.25) is 13.8 Å². The van der Waals surface area contributed by atoms with E-state index in [1.54, 1.807) is 6.08 Å². The number of unbranched alkanes of at least 4 members (excludes halogenated alkanes) is 16. The van der Waals surface area contributed by atoms with E-state index in [4.69, 9.17) is 14.8 Å². The van der Waals surface area contributed by atoms with Crippen molar-refractivity contribution in [3.8, 4) is 0 Å². The van der Waals surface area contributed by atoms with E-state index < -0.39 is 38.6 Å². The first-order valence-electron chi connectivity index (χ1n) is 18.7. The highest BCUT2D eigenvalue weighted by Crippen LogP contribution is 2.43. The highest BCUT2D eigenvalue weighted by Gasteiger charge is 2.27. The molecule has 4 unspecified atom stereocenters. The van der Waals surface area contributed by atoms with Gasteiger partial charge in [0.05, 0.1) is 37.9 Å². The first-order valence-corrected chi connectivity index (χ1v) is 20.2. The van der Waals surface area contributed by atoms with Crippen LogP contribution >= 0.6 is 7.82 Å². The van der Waals surface area contributed by atoms with Crippen LogP contribution in [0.4, 0.5) is 0 Å². The highest BCUT2D eigenvalue weighted by atomic mass is 31.2. The number of aliphatic hydroxyl groups is 2. The second-order valence-corrected chi connectivity index (χ2v) is 14.1. The van der Waals surface area contributed by atoms with Gasteiger partial charge >= 0.3 is 7.82 Å². The summed E-state index contributed by atoms with van der Waals surface area (Å²) in [5.41, 5.74) is 5.33. The molecule has 0 aromatic heterocycles. The Morgan fingerprint density at radius 2 is 1.21 bits per heavy atom. The minimum absolute atomic E-state index is 0.0421. The number of rotatable bonds is 34. The summed E-state index contributed by atoms with van der Waals surface area (Å²) in [6, 6.07) is -1.00. The van der Waals surface area contributed by atoms with Crippen LogP contribution in [-0.4, -0.2) is 59.0 Å². The molecular formula is C37H71N2O7P. The van der Waals surface area contributed by atoms with Crippen molar-refractivity contribution in [2.24, 2.45) is 5.73 Å². The average molecular weight is 687 g/mol. The van der Waals surface area contributed by atoms with Gasteiger partial charge in [0.1, 0.15) is 0 Å². The van der Waals surface area contributed by atoms with Gasteiger partial charge in [-0.05, 0) is 57.8 Å². The van der Waals surface area contributed by atoms with Crippen LogP contribution in [0.25, 0.3) is 0 Å². The van der Waals surface area contributed by atoms with Gasteiger partial charge in [-0.1, -0.05) is 127 Å². The zero-order chi connectivity index (χ0) is 34.9. The number of carbonyl (C=O) groups is 1. The third-order valence-electron chi connectivity index (χ3n) is 7.99. The molecule has 0 saturated heterocycles. The number of nitrogens with one attached hydrogen (secondary N) is 1. The third kappa shape index (κ3) is 31.7. The van der Waals surface area contributed by atoms with Gasteiger partial charge in [-0.15, -0.1) is 0 Å². The van der Waals surface area contributed by atoms with Crippen LogP contribution in [-0.2, 0) is 18.4 Å². The van der Waals surface area contributed by atoms with Crippen molar-refractivity contribution in [2.45, 2.75) is 173 Å². The number of nitrogens with two attached hydrogens (primary N) is 1. The maximum absolute atomic E-state index is 12.7. The molecule has 0 aromatic carbocycles. The molecule has 9 nitrogen and oxygen atoms in total. The van der Waals surface area contributed by atoms with E-state index in [0.29, 0.717) is 12.8 Å². The molecule has 0 radical (unpaired) electrons. The topological polar surface area (TPSA) is 151 Å².